The van der Waals surface area contributed by atoms with Crippen molar-refractivity contribution >= 4 is 0 Å². The van der Waals surface area contributed by atoms with Gasteiger partial charge in [0.05, 0.1) is 13.2 Å². The minimum Gasteiger partial charge on any atom is -0.379 e. The zero-order chi connectivity index (χ0) is 8.97. The fourth-order valence-electron chi connectivity index (χ4n) is 1.50. The number of hydrogen-bond acceptors (Lipinski definition) is 3. The van der Waals surface area contributed by atoms with Gasteiger partial charge < -0.3 is 15.4 Å². The molecule has 0 radical (unpaired) electrons. The first-order valence-electron chi connectivity index (χ1n) is 4.36. The van der Waals surface area contributed by atoms with Gasteiger partial charge in [-0.25, -0.2) is 0 Å². The zero-order valence-corrected chi connectivity index (χ0v) is 7.70. The van der Waals surface area contributed by atoms with Crippen LogP contribution in [-0.2, 0) is 4.74 Å². The maximum Gasteiger partial charge on any atom is 0.0621 e. The first-order chi connectivity index (χ1) is 5.74. The predicted molar refractivity (Wildman–Crippen MR) is 50.0 cm³/mol. The molecule has 0 aromatic rings. The van der Waals surface area contributed by atoms with Crippen molar-refractivity contribution in [1.29, 1.82) is 0 Å². The molecule has 2 atom stereocenters. The van der Waals surface area contributed by atoms with Gasteiger partial charge in [-0.2, -0.15) is 0 Å². The van der Waals surface area contributed by atoms with Crippen LogP contribution in [0.5, 0.6) is 0 Å². The monoisotopic (exact) mass is 170 g/mol. The van der Waals surface area contributed by atoms with Crippen LogP contribution in [0.15, 0.2) is 12.7 Å². The minimum atomic E-state index is 0.220. The molecule has 1 rings (SSSR count). The molecule has 1 aliphatic rings. The molecule has 0 bridgehead atoms. The molecule has 0 saturated carbocycles. The van der Waals surface area contributed by atoms with E-state index < -0.39 is 0 Å². The Hall–Kier alpha value is -0.380. The van der Waals surface area contributed by atoms with Crippen LogP contribution >= 0.6 is 0 Å². The third-order valence-corrected chi connectivity index (χ3v) is 2.23. The fourth-order valence-corrected chi connectivity index (χ4v) is 1.50. The summed E-state index contributed by atoms with van der Waals surface area (Å²) in [7, 11) is 2.08. The van der Waals surface area contributed by atoms with Crippen molar-refractivity contribution < 1.29 is 4.74 Å². The van der Waals surface area contributed by atoms with Crippen molar-refractivity contribution in [2.45, 2.75) is 6.04 Å². The number of hydrogen-bond donors (Lipinski definition) is 1. The zero-order valence-electron chi connectivity index (χ0n) is 7.70. The van der Waals surface area contributed by atoms with Gasteiger partial charge in [-0.15, -0.1) is 6.58 Å². The lowest BCUT2D eigenvalue weighted by Crippen LogP contribution is -2.36. The number of likely N-dealkylation sites (N-methyl/N-ethyl adjacent to an activating group) is 1. The van der Waals surface area contributed by atoms with Crippen LogP contribution in [-0.4, -0.2) is 44.3 Å². The predicted octanol–water partition coefficient (Wildman–Crippen LogP) is 0.0779. The molecule has 2 N–H and O–H groups in total. The summed E-state index contributed by atoms with van der Waals surface area (Å²) >= 11 is 0. The van der Waals surface area contributed by atoms with Crippen molar-refractivity contribution in [1.82, 2.24) is 4.90 Å². The quantitative estimate of drug-likeness (QED) is 0.607. The normalized spacial score (nSPS) is 29.6. The van der Waals surface area contributed by atoms with Crippen LogP contribution in [0.25, 0.3) is 0 Å². The Kier molecular flexibility index (Phi) is 3.72. The molecular weight excluding hydrogens is 152 g/mol. The molecule has 70 valence electrons. The van der Waals surface area contributed by atoms with Gasteiger partial charge >= 0.3 is 0 Å². The summed E-state index contributed by atoms with van der Waals surface area (Å²) in [5.41, 5.74) is 5.85. The van der Waals surface area contributed by atoms with E-state index in [2.05, 4.69) is 18.5 Å². The second-order valence-electron chi connectivity index (χ2n) is 3.47. The molecule has 1 saturated heterocycles. The van der Waals surface area contributed by atoms with E-state index >= 15 is 0 Å². The van der Waals surface area contributed by atoms with E-state index in [0.717, 1.165) is 19.7 Å². The van der Waals surface area contributed by atoms with Crippen LogP contribution < -0.4 is 5.73 Å². The number of nitrogens with zero attached hydrogens (tertiary/aromatic N) is 1. The molecule has 0 aliphatic carbocycles. The van der Waals surface area contributed by atoms with Gasteiger partial charge in [0, 0.05) is 25.0 Å². The third-order valence-electron chi connectivity index (χ3n) is 2.23. The molecule has 12 heavy (non-hydrogen) atoms. The first-order valence-corrected chi connectivity index (χ1v) is 4.36. The number of nitrogens with two attached hydrogens (primary N) is 1. The maximum absolute atomic E-state index is 5.85. The summed E-state index contributed by atoms with van der Waals surface area (Å²) in [6.45, 7) is 7.14. The fraction of sp³-hybridized carbons (Fsp3) is 0.778. The highest BCUT2D eigenvalue weighted by Gasteiger charge is 2.25. The summed E-state index contributed by atoms with van der Waals surface area (Å²) in [5.74, 6) is 0.495. The molecule has 0 spiro atoms. The average Bonchev–Trinajstić information content (AvgIpc) is 2.37. The van der Waals surface area contributed by atoms with Gasteiger partial charge in [0.1, 0.15) is 0 Å². The molecule has 1 fully saturated rings. The van der Waals surface area contributed by atoms with E-state index in [1.807, 2.05) is 6.08 Å². The first kappa shape index (κ1) is 9.71. The number of rotatable bonds is 4. The highest BCUT2D eigenvalue weighted by Crippen LogP contribution is 2.12. The lowest BCUT2D eigenvalue weighted by atomic mass is 10.0. The SMILES string of the molecule is C=CCN(C)CC1COCC1N. The topological polar surface area (TPSA) is 38.5 Å². The van der Waals surface area contributed by atoms with Gasteiger partial charge in [0.2, 0.25) is 0 Å². The number of ether oxygens (including phenoxy) is 1. The summed E-state index contributed by atoms with van der Waals surface area (Å²) in [4.78, 5) is 2.21. The van der Waals surface area contributed by atoms with Gasteiger partial charge in [-0.1, -0.05) is 6.08 Å². The van der Waals surface area contributed by atoms with Crippen LogP contribution in [0, 0.1) is 5.92 Å². The van der Waals surface area contributed by atoms with Crippen molar-refractivity contribution in [2.75, 3.05) is 33.4 Å². The molecule has 3 nitrogen and oxygen atoms in total. The van der Waals surface area contributed by atoms with Crippen molar-refractivity contribution in [3.05, 3.63) is 12.7 Å². The molecule has 2 unspecified atom stereocenters. The molecule has 3 heteroatoms. The second-order valence-corrected chi connectivity index (χ2v) is 3.47. The van der Waals surface area contributed by atoms with Crippen LogP contribution in [0.4, 0.5) is 0 Å². The molecule has 1 heterocycles. The molecule has 0 aromatic carbocycles. The highest BCUT2D eigenvalue weighted by molar-refractivity contribution is 4.81. The Balaban J connectivity index is 2.24. The molecular formula is C9H18N2O. The standard InChI is InChI=1S/C9H18N2O/c1-3-4-11(2)5-8-6-12-7-9(8)10/h3,8-9H,1,4-7,10H2,2H3. The smallest absolute Gasteiger partial charge is 0.0621 e. The van der Waals surface area contributed by atoms with Crippen molar-refractivity contribution in [3.63, 3.8) is 0 Å². The summed E-state index contributed by atoms with van der Waals surface area (Å²) in [6, 6.07) is 0.220. The summed E-state index contributed by atoms with van der Waals surface area (Å²) in [5, 5.41) is 0. The minimum absolute atomic E-state index is 0.220. The van der Waals surface area contributed by atoms with E-state index in [9.17, 15) is 0 Å². The lowest BCUT2D eigenvalue weighted by molar-refractivity contribution is 0.175. The Bertz CT molecular complexity index is 149. The largest absolute Gasteiger partial charge is 0.379 e. The van der Waals surface area contributed by atoms with Gasteiger partial charge in [0.15, 0.2) is 0 Å². The van der Waals surface area contributed by atoms with E-state index in [-0.39, 0.29) is 6.04 Å². The second kappa shape index (κ2) is 4.60. The van der Waals surface area contributed by atoms with Gasteiger partial charge in [-0.3, -0.25) is 0 Å². The van der Waals surface area contributed by atoms with Crippen LogP contribution in [0.1, 0.15) is 0 Å². The van der Waals surface area contributed by atoms with E-state index in [1.54, 1.807) is 0 Å². The molecule has 0 aromatic heterocycles. The molecule has 1 aliphatic heterocycles. The van der Waals surface area contributed by atoms with E-state index in [1.165, 1.54) is 0 Å². The lowest BCUT2D eigenvalue weighted by Gasteiger charge is -2.20. The highest BCUT2D eigenvalue weighted by atomic mass is 16.5. The Morgan fingerprint density at radius 3 is 2.92 bits per heavy atom. The van der Waals surface area contributed by atoms with Gasteiger partial charge in [0.25, 0.3) is 0 Å². The maximum atomic E-state index is 5.85. The van der Waals surface area contributed by atoms with Crippen molar-refractivity contribution in [2.24, 2.45) is 11.7 Å². The van der Waals surface area contributed by atoms with Gasteiger partial charge in [-0.05, 0) is 7.05 Å². The van der Waals surface area contributed by atoms with E-state index in [0.29, 0.717) is 12.5 Å². The molecule has 0 amide bonds. The summed E-state index contributed by atoms with van der Waals surface area (Å²) < 4.78 is 5.27. The Labute approximate surface area is 74.2 Å². The van der Waals surface area contributed by atoms with E-state index in [4.69, 9.17) is 10.5 Å². The van der Waals surface area contributed by atoms with Crippen LogP contribution in [0.3, 0.4) is 0 Å². The van der Waals surface area contributed by atoms with Crippen LogP contribution in [0.2, 0.25) is 0 Å². The third kappa shape index (κ3) is 2.59. The average molecular weight is 170 g/mol. The Morgan fingerprint density at radius 1 is 1.67 bits per heavy atom. The Morgan fingerprint density at radius 2 is 2.42 bits per heavy atom. The summed E-state index contributed by atoms with van der Waals surface area (Å²) in [6.07, 6.45) is 1.90. The van der Waals surface area contributed by atoms with Crippen molar-refractivity contribution in [3.8, 4) is 0 Å².